The van der Waals surface area contributed by atoms with Crippen molar-refractivity contribution < 1.29 is 19.2 Å². The highest BCUT2D eigenvalue weighted by molar-refractivity contribution is 7.99. The molecule has 178 valence electrons. The van der Waals surface area contributed by atoms with Crippen molar-refractivity contribution in [3.63, 3.8) is 0 Å². The molecule has 2 N–H and O–H groups in total. The topological polar surface area (TPSA) is 141 Å². The van der Waals surface area contributed by atoms with Gasteiger partial charge in [0, 0.05) is 30.1 Å². The largest absolute Gasteiger partial charge is 0.497 e. The molecule has 12 heteroatoms. The predicted octanol–water partition coefficient (Wildman–Crippen LogP) is 3.44. The summed E-state index contributed by atoms with van der Waals surface area (Å²) >= 11 is 1.19. The Morgan fingerprint density at radius 1 is 1.12 bits per heavy atom. The van der Waals surface area contributed by atoms with Crippen molar-refractivity contribution in [2.24, 2.45) is 0 Å². The second-order valence-corrected chi connectivity index (χ2v) is 8.13. The van der Waals surface area contributed by atoms with Gasteiger partial charge in [0.15, 0.2) is 5.16 Å². The molecule has 34 heavy (non-hydrogen) atoms. The smallest absolute Gasteiger partial charge is 0.269 e. The Kier molecular flexibility index (Phi) is 8.19. The van der Waals surface area contributed by atoms with Crippen molar-refractivity contribution in [2.45, 2.75) is 32.0 Å². The van der Waals surface area contributed by atoms with Gasteiger partial charge in [0.1, 0.15) is 11.6 Å². The van der Waals surface area contributed by atoms with Gasteiger partial charge in [-0.25, -0.2) is 0 Å². The van der Waals surface area contributed by atoms with E-state index in [0.717, 1.165) is 0 Å². The average molecular weight is 485 g/mol. The fourth-order valence-electron chi connectivity index (χ4n) is 3.12. The number of thioether (sulfide) groups is 1. The van der Waals surface area contributed by atoms with Gasteiger partial charge in [-0.05, 0) is 49.7 Å². The summed E-state index contributed by atoms with van der Waals surface area (Å²) in [5.74, 6) is 0.717. The number of carbonyl (C=O) groups excluding carboxylic acids is 2. The van der Waals surface area contributed by atoms with Gasteiger partial charge in [0.25, 0.3) is 5.69 Å². The summed E-state index contributed by atoms with van der Waals surface area (Å²) in [6.45, 7) is 4.12. The van der Waals surface area contributed by atoms with Gasteiger partial charge >= 0.3 is 0 Å². The number of nitro groups is 1. The van der Waals surface area contributed by atoms with Crippen LogP contribution in [0.3, 0.4) is 0 Å². The Balaban J connectivity index is 1.57. The number of nitro benzene ring substituents is 1. The Morgan fingerprint density at radius 3 is 2.47 bits per heavy atom. The number of nitrogens with one attached hydrogen (secondary N) is 2. The first-order valence-corrected chi connectivity index (χ1v) is 11.3. The first-order chi connectivity index (χ1) is 16.3. The van der Waals surface area contributed by atoms with E-state index in [4.69, 9.17) is 4.74 Å². The van der Waals surface area contributed by atoms with Crippen molar-refractivity contribution in [2.75, 3.05) is 23.5 Å². The third kappa shape index (κ3) is 6.32. The molecule has 3 rings (SSSR count). The van der Waals surface area contributed by atoms with Crippen molar-refractivity contribution in [3.05, 3.63) is 64.0 Å². The van der Waals surface area contributed by atoms with Crippen molar-refractivity contribution in [1.29, 1.82) is 0 Å². The highest BCUT2D eigenvalue weighted by atomic mass is 32.2. The molecule has 0 aliphatic rings. The number of aromatic nitrogens is 3. The molecule has 0 atom stereocenters. The predicted molar refractivity (Wildman–Crippen MR) is 128 cm³/mol. The number of hydrogen-bond acceptors (Lipinski definition) is 8. The summed E-state index contributed by atoms with van der Waals surface area (Å²) < 4.78 is 6.89. The number of benzene rings is 2. The second-order valence-electron chi connectivity index (χ2n) is 7.19. The number of anilines is 2. The first kappa shape index (κ1) is 24.7. The maximum atomic E-state index is 12.4. The van der Waals surface area contributed by atoms with Gasteiger partial charge in [-0.15, -0.1) is 10.2 Å². The van der Waals surface area contributed by atoms with E-state index in [1.165, 1.54) is 30.0 Å². The van der Waals surface area contributed by atoms with Crippen LogP contribution in [0.4, 0.5) is 17.1 Å². The number of ether oxygens (including phenoxy) is 1. The van der Waals surface area contributed by atoms with Crippen molar-refractivity contribution in [1.82, 2.24) is 14.8 Å². The van der Waals surface area contributed by atoms with Gasteiger partial charge in [-0.3, -0.25) is 19.7 Å². The Labute approximate surface area is 200 Å². The quantitative estimate of drug-likeness (QED) is 0.253. The minimum Gasteiger partial charge on any atom is -0.497 e. The van der Waals surface area contributed by atoms with Crippen LogP contribution in [0.15, 0.2) is 47.6 Å². The van der Waals surface area contributed by atoms with Crippen molar-refractivity contribution >= 4 is 40.6 Å². The molecule has 0 aliphatic heterocycles. The molecule has 0 saturated heterocycles. The van der Waals surface area contributed by atoms with E-state index >= 15 is 0 Å². The molecular weight excluding hydrogens is 460 g/mol. The second kappa shape index (κ2) is 11.3. The van der Waals surface area contributed by atoms with Crippen LogP contribution in [0, 0.1) is 17.0 Å². The van der Waals surface area contributed by atoms with Crippen LogP contribution in [0.25, 0.3) is 0 Å². The highest BCUT2D eigenvalue weighted by Crippen LogP contribution is 2.23. The standard InChI is InChI=1S/C22H24N6O5S/c1-4-27-19(12-20(29)23-15-5-8-17(33-3)9-6-15)25-26-22(27)34-13-21(30)24-18-10-7-16(28(31)32)11-14(18)2/h5-11H,4,12-13H2,1-3H3,(H,23,29)(H,24,30). The lowest BCUT2D eigenvalue weighted by Crippen LogP contribution is -2.18. The Morgan fingerprint density at radius 2 is 1.85 bits per heavy atom. The van der Waals surface area contributed by atoms with Gasteiger partial charge in [0.05, 0.1) is 24.2 Å². The van der Waals surface area contributed by atoms with Crippen LogP contribution < -0.4 is 15.4 Å². The molecule has 2 aromatic carbocycles. The number of carbonyl (C=O) groups is 2. The van der Waals surface area contributed by atoms with E-state index in [9.17, 15) is 19.7 Å². The van der Waals surface area contributed by atoms with Gasteiger partial charge in [-0.2, -0.15) is 0 Å². The Bertz CT molecular complexity index is 1190. The van der Waals surface area contributed by atoms with E-state index in [-0.39, 0.29) is 29.7 Å². The number of aryl methyl sites for hydroxylation is 1. The molecule has 0 saturated carbocycles. The maximum Gasteiger partial charge on any atom is 0.269 e. The summed E-state index contributed by atoms with van der Waals surface area (Å²) in [5.41, 5.74) is 1.70. The molecule has 1 aromatic heterocycles. The number of hydrogen-bond donors (Lipinski definition) is 2. The lowest BCUT2D eigenvalue weighted by Gasteiger charge is -2.09. The van der Waals surface area contributed by atoms with E-state index in [1.54, 1.807) is 42.9 Å². The van der Waals surface area contributed by atoms with Crippen LogP contribution in [-0.2, 0) is 22.6 Å². The summed E-state index contributed by atoms with van der Waals surface area (Å²) in [6, 6.07) is 11.2. The van der Waals surface area contributed by atoms with Crippen LogP contribution in [0.2, 0.25) is 0 Å². The fourth-order valence-corrected chi connectivity index (χ4v) is 3.94. The van der Waals surface area contributed by atoms with Crippen LogP contribution in [-0.4, -0.2) is 44.4 Å². The van der Waals surface area contributed by atoms with E-state index in [1.807, 2.05) is 6.92 Å². The van der Waals surface area contributed by atoms with E-state index < -0.39 is 4.92 Å². The Hall–Kier alpha value is -3.93. The normalized spacial score (nSPS) is 10.6. The van der Waals surface area contributed by atoms with Crippen LogP contribution in [0.5, 0.6) is 5.75 Å². The number of nitrogens with zero attached hydrogens (tertiary/aromatic N) is 4. The summed E-state index contributed by atoms with van der Waals surface area (Å²) in [6.07, 6.45) is 0.0294. The zero-order chi connectivity index (χ0) is 24.7. The summed E-state index contributed by atoms with van der Waals surface area (Å²) in [7, 11) is 1.57. The first-order valence-electron chi connectivity index (χ1n) is 10.3. The zero-order valence-corrected chi connectivity index (χ0v) is 19.7. The van der Waals surface area contributed by atoms with Crippen LogP contribution in [0.1, 0.15) is 18.3 Å². The highest BCUT2D eigenvalue weighted by Gasteiger charge is 2.17. The van der Waals surface area contributed by atoms with Gasteiger partial charge in [-0.1, -0.05) is 11.8 Å². The molecule has 3 aromatic rings. The third-order valence-electron chi connectivity index (χ3n) is 4.83. The average Bonchev–Trinajstić information content (AvgIpc) is 3.20. The SMILES string of the molecule is CCn1c(CC(=O)Nc2ccc(OC)cc2)nnc1SCC(=O)Nc1ccc([N+](=O)[O-])cc1C. The molecular formula is C22H24N6O5S. The minimum absolute atomic E-state index is 0.0294. The molecule has 11 nitrogen and oxygen atoms in total. The van der Waals surface area contributed by atoms with Crippen LogP contribution >= 0.6 is 11.8 Å². The molecule has 0 unspecified atom stereocenters. The number of non-ortho nitro benzene ring substituents is 1. The van der Waals surface area contributed by atoms with E-state index in [2.05, 4.69) is 20.8 Å². The molecule has 0 bridgehead atoms. The number of rotatable bonds is 10. The van der Waals surface area contributed by atoms with Gasteiger partial charge < -0.3 is 19.9 Å². The third-order valence-corrected chi connectivity index (χ3v) is 5.80. The molecule has 1 heterocycles. The molecule has 0 aliphatic carbocycles. The van der Waals surface area contributed by atoms with Gasteiger partial charge in [0.2, 0.25) is 11.8 Å². The minimum atomic E-state index is -0.485. The van der Waals surface area contributed by atoms with E-state index in [0.29, 0.717) is 40.2 Å². The zero-order valence-electron chi connectivity index (χ0n) is 18.9. The van der Waals surface area contributed by atoms with Crippen molar-refractivity contribution in [3.8, 4) is 5.75 Å². The molecule has 0 radical (unpaired) electrons. The number of methoxy groups -OCH3 is 1. The summed E-state index contributed by atoms with van der Waals surface area (Å²) in [4.78, 5) is 35.2. The number of amides is 2. The monoisotopic (exact) mass is 484 g/mol. The molecule has 2 amide bonds. The lowest BCUT2D eigenvalue weighted by molar-refractivity contribution is -0.384. The summed E-state index contributed by atoms with van der Waals surface area (Å²) in [5, 5.41) is 25.2. The molecule has 0 fully saturated rings. The lowest BCUT2D eigenvalue weighted by atomic mass is 10.2. The fraction of sp³-hybridized carbons (Fsp3) is 0.273. The molecule has 0 spiro atoms. The maximum absolute atomic E-state index is 12.4.